The second-order valence-electron chi connectivity index (χ2n) is 4.76. The molecule has 0 fully saturated rings. The van der Waals surface area contributed by atoms with Gasteiger partial charge in [-0.25, -0.2) is 4.79 Å². The predicted molar refractivity (Wildman–Crippen MR) is 83.8 cm³/mol. The lowest BCUT2D eigenvalue weighted by atomic mass is 10.1. The maximum Gasteiger partial charge on any atom is 0.319 e. The number of nitrogens with one attached hydrogen (secondary N) is 3. The Balaban J connectivity index is 2.00. The van der Waals surface area contributed by atoms with Gasteiger partial charge in [0.15, 0.2) is 0 Å². The van der Waals surface area contributed by atoms with E-state index >= 15 is 0 Å². The number of anilines is 1. The molecule has 110 valence electrons. The SMILES string of the molecule is Cc1cc(C)c(CNC(=O)Nc2cccc(Cl)c2)c(=O)[nH]1. The molecule has 2 rings (SSSR count). The standard InChI is InChI=1S/C15H16ClN3O2/c1-9-6-10(2)18-14(20)13(9)8-17-15(21)19-12-5-3-4-11(16)7-12/h3-7H,8H2,1-2H3,(H,18,20)(H2,17,19,21). The van der Waals surface area contributed by atoms with Crippen molar-refractivity contribution in [3.8, 4) is 0 Å². The number of halogens is 1. The fourth-order valence-electron chi connectivity index (χ4n) is 2.01. The van der Waals surface area contributed by atoms with Crippen molar-refractivity contribution in [1.29, 1.82) is 0 Å². The maximum absolute atomic E-state index is 11.8. The average Bonchev–Trinajstić information content (AvgIpc) is 2.37. The van der Waals surface area contributed by atoms with Gasteiger partial charge in [-0.15, -0.1) is 0 Å². The van der Waals surface area contributed by atoms with Crippen LogP contribution in [0.2, 0.25) is 5.02 Å². The summed E-state index contributed by atoms with van der Waals surface area (Å²) in [5, 5.41) is 5.85. The lowest BCUT2D eigenvalue weighted by molar-refractivity contribution is 0.251. The van der Waals surface area contributed by atoms with Crippen molar-refractivity contribution in [3.05, 3.63) is 62.5 Å². The van der Waals surface area contributed by atoms with Crippen molar-refractivity contribution in [2.24, 2.45) is 0 Å². The van der Waals surface area contributed by atoms with Gasteiger partial charge >= 0.3 is 6.03 Å². The first-order valence-electron chi connectivity index (χ1n) is 6.45. The zero-order valence-corrected chi connectivity index (χ0v) is 12.5. The molecule has 3 N–H and O–H groups in total. The van der Waals surface area contributed by atoms with Crippen LogP contribution in [0.3, 0.4) is 0 Å². The summed E-state index contributed by atoms with van der Waals surface area (Å²) in [6.45, 7) is 3.82. The van der Waals surface area contributed by atoms with Crippen molar-refractivity contribution in [3.63, 3.8) is 0 Å². The molecular weight excluding hydrogens is 290 g/mol. The van der Waals surface area contributed by atoms with E-state index in [0.29, 0.717) is 16.3 Å². The number of H-pyrrole nitrogens is 1. The van der Waals surface area contributed by atoms with Crippen molar-refractivity contribution in [2.75, 3.05) is 5.32 Å². The first-order valence-corrected chi connectivity index (χ1v) is 6.83. The van der Waals surface area contributed by atoms with Crippen molar-refractivity contribution >= 4 is 23.3 Å². The highest BCUT2D eigenvalue weighted by molar-refractivity contribution is 6.30. The number of rotatable bonds is 3. The molecule has 0 atom stereocenters. The Hall–Kier alpha value is -2.27. The molecule has 0 spiro atoms. The fourth-order valence-corrected chi connectivity index (χ4v) is 2.20. The average molecular weight is 306 g/mol. The Kier molecular flexibility index (Phi) is 4.65. The number of hydrogen-bond donors (Lipinski definition) is 3. The number of amides is 2. The Bertz CT molecular complexity index is 725. The van der Waals surface area contributed by atoms with E-state index in [1.807, 2.05) is 19.9 Å². The summed E-state index contributed by atoms with van der Waals surface area (Å²) in [7, 11) is 0. The molecule has 2 aromatic rings. The summed E-state index contributed by atoms with van der Waals surface area (Å²) in [6.07, 6.45) is 0. The summed E-state index contributed by atoms with van der Waals surface area (Å²) in [6, 6.07) is 8.32. The van der Waals surface area contributed by atoms with Crippen LogP contribution in [0, 0.1) is 13.8 Å². The van der Waals surface area contributed by atoms with E-state index in [0.717, 1.165) is 11.3 Å². The summed E-state index contributed by atoms with van der Waals surface area (Å²) in [5.41, 5.74) is 2.59. The van der Waals surface area contributed by atoms with Crippen LogP contribution in [0.5, 0.6) is 0 Å². The molecule has 0 aliphatic carbocycles. The van der Waals surface area contributed by atoms with Gasteiger partial charge in [-0.3, -0.25) is 4.79 Å². The Morgan fingerprint density at radius 3 is 2.71 bits per heavy atom. The summed E-state index contributed by atoms with van der Waals surface area (Å²) >= 11 is 5.84. The number of carbonyl (C=O) groups excluding carboxylic acids is 1. The highest BCUT2D eigenvalue weighted by atomic mass is 35.5. The van der Waals surface area contributed by atoms with Crippen LogP contribution in [0.1, 0.15) is 16.8 Å². The lowest BCUT2D eigenvalue weighted by Gasteiger charge is -2.09. The Labute approximate surface area is 127 Å². The van der Waals surface area contributed by atoms with E-state index in [9.17, 15) is 9.59 Å². The Morgan fingerprint density at radius 2 is 2.05 bits per heavy atom. The van der Waals surface area contributed by atoms with Gasteiger partial charge < -0.3 is 15.6 Å². The summed E-state index contributed by atoms with van der Waals surface area (Å²) in [5.74, 6) is 0. The molecule has 1 aromatic carbocycles. The first-order chi connectivity index (χ1) is 9.95. The van der Waals surface area contributed by atoms with Gasteiger partial charge in [-0.05, 0) is 43.7 Å². The quantitative estimate of drug-likeness (QED) is 0.815. The molecular formula is C15H16ClN3O2. The van der Waals surface area contributed by atoms with E-state index in [2.05, 4.69) is 15.6 Å². The van der Waals surface area contributed by atoms with E-state index in [1.54, 1.807) is 24.3 Å². The van der Waals surface area contributed by atoms with E-state index in [4.69, 9.17) is 11.6 Å². The van der Waals surface area contributed by atoms with Crippen LogP contribution in [0.4, 0.5) is 10.5 Å². The molecule has 0 aliphatic rings. The molecule has 0 saturated heterocycles. The molecule has 0 aliphatic heterocycles. The van der Waals surface area contributed by atoms with Crippen LogP contribution >= 0.6 is 11.6 Å². The number of benzene rings is 1. The van der Waals surface area contributed by atoms with Crippen LogP contribution in [0.25, 0.3) is 0 Å². The smallest absolute Gasteiger partial charge is 0.319 e. The van der Waals surface area contributed by atoms with E-state index in [1.165, 1.54) is 0 Å². The van der Waals surface area contributed by atoms with Gasteiger partial charge in [0.2, 0.25) is 0 Å². The number of urea groups is 1. The molecule has 0 radical (unpaired) electrons. The minimum Gasteiger partial charge on any atom is -0.334 e. The number of aryl methyl sites for hydroxylation is 2. The monoisotopic (exact) mass is 305 g/mol. The molecule has 6 heteroatoms. The molecule has 5 nitrogen and oxygen atoms in total. The molecule has 2 amide bonds. The third-order valence-electron chi connectivity index (χ3n) is 3.00. The molecule has 0 bridgehead atoms. The van der Waals surface area contributed by atoms with E-state index < -0.39 is 6.03 Å². The normalized spacial score (nSPS) is 10.2. The third-order valence-corrected chi connectivity index (χ3v) is 3.24. The topological polar surface area (TPSA) is 74.0 Å². The highest BCUT2D eigenvalue weighted by Gasteiger charge is 2.07. The van der Waals surface area contributed by atoms with Crippen LogP contribution in [-0.4, -0.2) is 11.0 Å². The minimum atomic E-state index is -0.392. The number of pyridine rings is 1. The molecule has 0 saturated carbocycles. The van der Waals surface area contributed by atoms with E-state index in [-0.39, 0.29) is 12.1 Å². The van der Waals surface area contributed by atoms with Crippen molar-refractivity contribution in [2.45, 2.75) is 20.4 Å². The van der Waals surface area contributed by atoms with Gasteiger partial charge in [0.05, 0.1) is 6.54 Å². The largest absolute Gasteiger partial charge is 0.334 e. The van der Waals surface area contributed by atoms with Crippen molar-refractivity contribution in [1.82, 2.24) is 10.3 Å². The third kappa shape index (κ3) is 4.10. The molecule has 1 heterocycles. The predicted octanol–water partition coefficient (Wildman–Crippen LogP) is 2.97. The zero-order valence-electron chi connectivity index (χ0n) is 11.8. The second-order valence-corrected chi connectivity index (χ2v) is 5.20. The maximum atomic E-state index is 11.8. The molecule has 1 aromatic heterocycles. The van der Waals surface area contributed by atoms with Crippen LogP contribution in [0.15, 0.2) is 35.1 Å². The zero-order chi connectivity index (χ0) is 15.4. The number of aromatic nitrogens is 1. The van der Waals surface area contributed by atoms with Gasteiger partial charge in [-0.2, -0.15) is 0 Å². The summed E-state index contributed by atoms with van der Waals surface area (Å²) in [4.78, 5) is 26.4. The van der Waals surface area contributed by atoms with Crippen LogP contribution < -0.4 is 16.2 Å². The number of hydrogen-bond acceptors (Lipinski definition) is 2. The fraction of sp³-hybridized carbons (Fsp3) is 0.200. The number of aromatic amines is 1. The molecule has 21 heavy (non-hydrogen) atoms. The van der Waals surface area contributed by atoms with Gasteiger partial charge in [0, 0.05) is 22.0 Å². The van der Waals surface area contributed by atoms with Gasteiger partial charge in [0.25, 0.3) is 5.56 Å². The second kappa shape index (κ2) is 6.45. The van der Waals surface area contributed by atoms with Crippen LogP contribution in [-0.2, 0) is 6.54 Å². The van der Waals surface area contributed by atoms with Crippen molar-refractivity contribution < 1.29 is 4.79 Å². The van der Waals surface area contributed by atoms with Gasteiger partial charge in [-0.1, -0.05) is 17.7 Å². The minimum absolute atomic E-state index is 0.161. The first kappa shape index (κ1) is 15.1. The van der Waals surface area contributed by atoms with Gasteiger partial charge in [0.1, 0.15) is 0 Å². The lowest BCUT2D eigenvalue weighted by Crippen LogP contribution is -2.31. The molecule has 0 unspecified atom stereocenters. The Morgan fingerprint density at radius 1 is 1.29 bits per heavy atom. The number of carbonyl (C=O) groups is 1. The summed E-state index contributed by atoms with van der Waals surface area (Å²) < 4.78 is 0. The highest BCUT2D eigenvalue weighted by Crippen LogP contribution is 2.14.